The molecule has 2 fully saturated rings. The first-order chi connectivity index (χ1) is 11.8. The lowest BCUT2D eigenvalue weighted by Gasteiger charge is -2.16. The summed E-state index contributed by atoms with van der Waals surface area (Å²) >= 11 is 0. The smallest absolute Gasteiger partial charge is 0.309 e. The van der Waals surface area contributed by atoms with E-state index in [1.54, 1.807) is 6.07 Å². The maximum absolute atomic E-state index is 11.3. The van der Waals surface area contributed by atoms with Crippen LogP contribution in [0, 0.1) is 10.8 Å². The summed E-state index contributed by atoms with van der Waals surface area (Å²) in [5.41, 5.74) is 1.39. The SMILES string of the molecule is CC1(CCCc2cc(O)c(O)c(O)c2CCCC2(C(=O)O)CC2)CC1. The Labute approximate surface area is 148 Å². The van der Waals surface area contributed by atoms with Gasteiger partial charge in [0.15, 0.2) is 11.5 Å². The van der Waals surface area contributed by atoms with Gasteiger partial charge in [0.2, 0.25) is 5.75 Å². The average Bonchev–Trinajstić information content (AvgIpc) is 3.46. The Balaban J connectivity index is 1.67. The van der Waals surface area contributed by atoms with Crippen LogP contribution < -0.4 is 0 Å². The molecule has 0 spiro atoms. The predicted molar refractivity (Wildman–Crippen MR) is 94.0 cm³/mol. The van der Waals surface area contributed by atoms with Crippen molar-refractivity contribution in [2.45, 2.75) is 71.1 Å². The second-order valence-corrected chi connectivity index (χ2v) is 8.33. The number of hydrogen-bond acceptors (Lipinski definition) is 4. The average molecular weight is 348 g/mol. The van der Waals surface area contributed by atoms with Gasteiger partial charge in [0, 0.05) is 5.56 Å². The van der Waals surface area contributed by atoms with Crippen LogP contribution in [0.3, 0.4) is 0 Å². The van der Waals surface area contributed by atoms with Gasteiger partial charge in [-0.2, -0.15) is 0 Å². The van der Waals surface area contributed by atoms with Crippen LogP contribution in [0.15, 0.2) is 6.07 Å². The van der Waals surface area contributed by atoms with Crippen LogP contribution in [0.25, 0.3) is 0 Å². The molecule has 2 saturated carbocycles. The molecule has 0 bridgehead atoms. The maximum atomic E-state index is 11.3. The van der Waals surface area contributed by atoms with Crippen LogP contribution in [0.1, 0.15) is 69.4 Å². The van der Waals surface area contributed by atoms with Gasteiger partial charge in [0.1, 0.15) is 0 Å². The fourth-order valence-electron chi connectivity index (χ4n) is 3.73. The number of aliphatic carboxylic acids is 1. The molecule has 0 aliphatic heterocycles. The van der Waals surface area contributed by atoms with Crippen molar-refractivity contribution in [2.24, 2.45) is 10.8 Å². The van der Waals surface area contributed by atoms with Gasteiger partial charge in [0.05, 0.1) is 5.41 Å². The molecule has 4 N–H and O–H groups in total. The summed E-state index contributed by atoms with van der Waals surface area (Å²) < 4.78 is 0. The molecular weight excluding hydrogens is 320 g/mol. The quantitative estimate of drug-likeness (QED) is 0.503. The van der Waals surface area contributed by atoms with Crippen molar-refractivity contribution in [2.75, 3.05) is 0 Å². The molecule has 5 nitrogen and oxygen atoms in total. The third kappa shape index (κ3) is 3.86. The summed E-state index contributed by atoms with van der Waals surface area (Å²) in [6, 6.07) is 1.55. The third-order valence-corrected chi connectivity index (χ3v) is 6.17. The van der Waals surface area contributed by atoms with Crippen molar-refractivity contribution in [3.63, 3.8) is 0 Å². The highest BCUT2D eigenvalue weighted by Gasteiger charge is 2.49. The summed E-state index contributed by atoms with van der Waals surface area (Å²) in [5.74, 6) is -1.76. The summed E-state index contributed by atoms with van der Waals surface area (Å²) in [6.45, 7) is 2.28. The Bertz CT molecular complexity index is 671. The second-order valence-electron chi connectivity index (χ2n) is 8.33. The molecule has 1 aromatic rings. The molecule has 25 heavy (non-hydrogen) atoms. The highest BCUT2D eigenvalue weighted by atomic mass is 16.4. The molecular formula is C20H28O5. The number of carboxylic acids is 1. The van der Waals surface area contributed by atoms with Crippen molar-refractivity contribution in [3.8, 4) is 17.2 Å². The first-order valence-corrected chi connectivity index (χ1v) is 9.25. The van der Waals surface area contributed by atoms with Gasteiger partial charge in [-0.15, -0.1) is 0 Å². The molecule has 5 heteroatoms. The fourth-order valence-corrected chi connectivity index (χ4v) is 3.73. The van der Waals surface area contributed by atoms with E-state index in [4.69, 9.17) is 0 Å². The van der Waals surface area contributed by atoms with Crippen LogP contribution in [0.2, 0.25) is 0 Å². The molecule has 0 amide bonds. The van der Waals surface area contributed by atoms with Gasteiger partial charge < -0.3 is 20.4 Å². The number of benzene rings is 1. The van der Waals surface area contributed by atoms with E-state index in [0.717, 1.165) is 37.7 Å². The molecule has 138 valence electrons. The number of aryl methyl sites for hydroxylation is 1. The van der Waals surface area contributed by atoms with Crippen LogP contribution in [-0.2, 0) is 17.6 Å². The largest absolute Gasteiger partial charge is 0.504 e. The molecule has 2 aliphatic carbocycles. The maximum Gasteiger partial charge on any atom is 0.309 e. The van der Waals surface area contributed by atoms with Gasteiger partial charge in [-0.1, -0.05) is 6.92 Å². The zero-order valence-electron chi connectivity index (χ0n) is 14.8. The second kappa shape index (κ2) is 6.43. The van der Waals surface area contributed by atoms with Crippen LogP contribution >= 0.6 is 0 Å². The van der Waals surface area contributed by atoms with E-state index in [0.29, 0.717) is 30.2 Å². The molecule has 0 heterocycles. The summed E-state index contributed by atoms with van der Waals surface area (Å²) in [7, 11) is 0. The molecule has 0 atom stereocenters. The van der Waals surface area contributed by atoms with Gasteiger partial charge in [-0.05, 0) is 81.3 Å². The van der Waals surface area contributed by atoms with Crippen molar-refractivity contribution < 1.29 is 25.2 Å². The number of aromatic hydroxyl groups is 3. The zero-order chi connectivity index (χ0) is 18.2. The molecule has 3 rings (SSSR count). The Morgan fingerprint density at radius 2 is 1.64 bits per heavy atom. The highest BCUT2D eigenvalue weighted by molar-refractivity contribution is 5.77. The van der Waals surface area contributed by atoms with E-state index in [2.05, 4.69) is 6.92 Å². The Kier molecular flexibility index (Phi) is 4.60. The Morgan fingerprint density at radius 1 is 1.00 bits per heavy atom. The minimum Gasteiger partial charge on any atom is -0.504 e. The minimum absolute atomic E-state index is 0.257. The van der Waals surface area contributed by atoms with E-state index in [9.17, 15) is 25.2 Å². The number of hydrogen-bond donors (Lipinski definition) is 4. The lowest BCUT2D eigenvalue weighted by molar-refractivity contribution is -0.143. The van der Waals surface area contributed by atoms with Gasteiger partial charge in [0.25, 0.3) is 0 Å². The molecule has 1 aromatic carbocycles. The number of phenols is 3. The number of phenolic OH excluding ortho intramolecular Hbond substituents is 3. The molecule has 0 saturated heterocycles. The molecule has 0 aromatic heterocycles. The van der Waals surface area contributed by atoms with Crippen molar-refractivity contribution in [1.29, 1.82) is 0 Å². The summed E-state index contributed by atoms with van der Waals surface area (Å²) in [5, 5.41) is 39.2. The van der Waals surface area contributed by atoms with E-state index >= 15 is 0 Å². The van der Waals surface area contributed by atoms with E-state index in [-0.39, 0.29) is 11.5 Å². The lowest BCUT2D eigenvalue weighted by atomic mass is 9.91. The van der Waals surface area contributed by atoms with Crippen molar-refractivity contribution >= 4 is 5.97 Å². The van der Waals surface area contributed by atoms with Crippen LogP contribution in [0.5, 0.6) is 17.2 Å². The topological polar surface area (TPSA) is 98.0 Å². The van der Waals surface area contributed by atoms with Crippen LogP contribution in [-0.4, -0.2) is 26.4 Å². The van der Waals surface area contributed by atoms with E-state index in [1.165, 1.54) is 12.8 Å². The predicted octanol–water partition coefficient (Wildman–Crippen LogP) is 4.11. The molecule has 0 radical (unpaired) electrons. The fraction of sp³-hybridized carbons (Fsp3) is 0.650. The first-order valence-electron chi connectivity index (χ1n) is 9.25. The Morgan fingerprint density at radius 3 is 2.20 bits per heavy atom. The van der Waals surface area contributed by atoms with Crippen molar-refractivity contribution in [1.82, 2.24) is 0 Å². The van der Waals surface area contributed by atoms with Crippen LogP contribution in [0.4, 0.5) is 0 Å². The van der Waals surface area contributed by atoms with Crippen molar-refractivity contribution in [3.05, 3.63) is 17.2 Å². The summed E-state index contributed by atoms with van der Waals surface area (Å²) in [4.78, 5) is 11.3. The third-order valence-electron chi connectivity index (χ3n) is 6.17. The van der Waals surface area contributed by atoms with Gasteiger partial charge in [-0.25, -0.2) is 0 Å². The summed E-state index contributed by atoms with van der Waals surface area (Å²) in [6.07, 6.45) is 8.57. The first kappa shape index (κ1) is 17.9. The lowest BCUT2D eigenvalue weighted by Crippen LogP contribution is -2.14. The normalized spacial score (nSPS) is 19.6. The van der Waals surface area contributed by atoms with Gasteiger partial charge >= 0.3 is 5.97 Å². The number of rotatable bonds is 9. The molecule has 2 aliphatic rings. The highest BCUT2D eigenvalue weighted by Crippen LogP contribution is 2.51. The Hall–Kier alpha value is -1.91. The van der Waals surface area contributed by atoms with Gasteiger partial charge in [-0.3, -0.25) is 4.79 Å². The molecule has 0 unspecified atom stereocenters. The van der Waals surface area contributed by atoms with E-state index < -0.39 is 17.1 Å². The standard InChI is InChI=1S/C20H28O5/c1-19(8-9-19)6-2-4-13-12-15(21)17(23)16(22)14(13)5-3-7-20(10-11-20)18(24)25/h12,21-23H,2-11H2,1H3,(H,24,25). The number of carbonyl (C=O) groups is 1. The van der Waals surface area contributed by atoms with E-state index in [1.807, 2.05) is 0 Å². The monoisotopic (exact) mass is 348 g/mol. The zero-order valence-corrected chi connectivity index (χ0v) is 14.8. The minimum atomic E-state index is -0.733. The number of carboxylic acid groups (broad SMARTS) is 1.